The zero-order valence-electron chi connectivity index (χ0n) is 16.7. The molecule has 0 radical (unpaired) electrons. The normalized spacial score (nSPS) is 14.7. The Bertz CT molecular complexity index is 910. The number of non-ortho nitro benzene ring substituents is 1. The molecular formula is C23H26FNO5. The van der Waals surface area contributed by atoms with Crippen LogP contribution in [0.3, 0.4) is 0 Å². The summed E-state index contributed by atoms with van der Waals surface area (Å²) in [6, 6.07) is 9.67. The molecule has 160 valence electrons. The molecule has 30 heavy (non-hydrogen) atoms. The van der Waals surface area contributed by atoms with E-state index in [9.17, 15) is 29.8 Å². The standard InChI is InChI=1S/C23H26FNO5/c1-3-15(13-16-6-12-22(27)20(24)14-16)5-11-21(26)19(4-2)23(28)17-7-9-18(10-8-17)25(29)30/h4,6-10,12-14,19,21,23,26-28H,2-3,5,11H2,1H3/b15-13+/t19-,21-,23-/m1/s1. The number of rotatable bonds is 10. The molecule has 2 aromatic rings. The SMILES string of the molecule is C=C[C@H]([C@H](O)CC/C(=C/c1ccc(O)c(F)c1)CC)[C@H](O)c1ccc([N+](=O)[O-])cc1. The van der Waals surface area contributed by atoms with Gasteiger partial charge in [-0.05, 0) is 54.7 Å². The van der Waals surface area contributed by atoms with Crippen molar-refractivity contribution in [3.05, 3.63) is 87.8 Å². The minimum atomic E-state index is -1.06. The van der Waals surface area contributed by atoms with Gasteiger partial charge in [0.1, 0.15) is 0 Å². The van der Waals surface area contributed by atoms with Crippen molar-refractivity contribution in [1.82, 2.24) is 0 Å². The first-order chi connectivity index (χ1) is 14.3. The maximum atomic E-state index is 13.5. The van der Waals surface area contributed by atoms with Crippen molar-refractivity contribution in [2.75, 3.05) is 0 Å². The molecule has 0 bridgehead atoms. The summed E-state index contributed by atoms with van der Waals surface area (Å²) in [7, 11) is 0. The largest absolute Gasteiger partial charge is 0.505 e. The van der Waals surface area contributed by atoms with Gasteiger partial charge in [-0.25, -0.2) is 4.39 Å². The van der Waals surface area contributed by atoms with Crippen LogP contribution in [0.5, 0.6) is 5.75 Å². The van der Waals surface area contributed by atoms with E-state index < -0.39 is 34.6 Å². The van der Waals surface area contributed by atoms with Gasteiger partial charge in [0.2, 0.25) is 0 Å². The first kappa shape index (κ1) is 23.3. The number of hydrogen-bond donors (Lipinski definition) is 3. The number of hydrogen-bond acceptors (Lipinski definition) is 5. The zero-order chi connectivity index (χ0) is 22.3. The van der Waals surface area contributed by atoms with Gasteiger partial charge in [-0.15, -0.1) is 6.58 Å². The van der Waals surface area contributed by atoms with Crippen LogP contribution in [-0.2, 0) is 0 Å². The van der Waals surface area contributed by atoms with Crippen LogP contribution in [-0.4, -0.2) is 26.3 Å². The highest BCUT2D eigenvalue weighted by atomic mass is 19.1. The molecule has 0 saturated carbocycles. The Hall–Kier alpha value is -3.03. The van der Waals surface area contributed by atoms with Crippen molar-refractivity contribution >= 4 is 11.8 Å². The van der Waals surface area contributed by atoms with Gasteiger partial charge < -0.3 is 15.3 Å². The van der Waals surface area contributed by atoms with Crippen LogP contribution in [0.15, 0.2) is 60.7 Å². The highest BCUT2D eigenvalue weighted by molar-refractivity contribution is 5.54. The summed E-state index contributed by atoms with van der Waals surface area (Å²) in [5.74, 6) is -1.76. The van der Waals surface area contributed by atoms with Crippen molar-refractivity contribution in [2.45, 2.75) is 38.4 Å². The fourth-order valence-electron chi connectivity index (χ4n) is 3.24. The number of aliphatic hydroxyl groups is 2. The maximum absolute atomic E-state index is 13.5. The quantitative estimate of drug-likeness (QED) is 0.291. The molecule has 3 atom stereocenters. The average molecular weight is 415 g/mol. The summed E-state index contributed by atoms with van der Waals surface area (Å²) < 4.78 is 13.5. The average Bonchev–Trinajstić information content (AvgIpc) is 2.74. The molecule has 0 spiro atoms. The maximum Gasteiger partial charge on any atom is 0.269 e. The lowest BCUT2D eigenvalue weighted by molar-refractivity contribution is -0.384. The zero-order valence-corrected chi connectivity index (χ0v) is 16.7. The van der Waals surface area contributed by atoms with Crippen molar-refractivity contribution in [3.63, 3.8) is 0 Å². The number of nitrogens with zero attached hydrogens (tertiary/aromatic N) is 1. The lowest BCUT2D eigenvalue weighted by Crippen LogP contribution is -2.25. The number of nitro groups is 1. The van der Waals surface area contributed by atoms with Gasteiger partial charge >= 0.3 is 0 Å². The number of aromatic hydroxyl groups is 1. The number of phenolic OH excluding ortho intramolecular Hbond substituents is 1. The van der Waals surface area contributed by atoms with Crippen LogP contribution in [0.1, 0.15) is 43.4 Å². The molecule has 0 fully saturated rings. The van der Waals surface area contributed by atoms with E-state index in [1.165, 1.54) is 42.5 Å². The highest BCUT2D eigenvalue weighted by Gasteiger charge is 2.26. The van der Waals surface area contributed by atoms with Crippen molar-refractivity contribution < 1.29 is 24.6 Å². The minimum Gasteiger partial charge on any atom is -0.505 e. The third-order valence-corrected chi connectivity index (χ3v) is 5.08. The van der Waals surface area contributed by atoms with E-state index in [0.717, 1.165) is 5.57 Å². The summed E-state index contributed by atoms with van der Waals surface area (Å²) in [5, 5.41) is 41.3. The number of phenols is 1. The summed E-state index contributed by atoms with van der Waals surface area (Å²) >= 11 is 0. The predicted octanol–water partition coefficient (Wildman–Crippen LogP) is 4.91. The Labute approximate surface area is 174 Å². The number of benzene rings is 2. The monoisotopic (exact) mass is 415 g/mol. The van der Waals surface area contributed by atoms with Crippen LogP contribution < -0.4 is 0 Å². The molecular weight excluding hydrogens is 389 g/mol. The van der Waals surface area contributed by atoms with E-state index in [-0.39, 0.29) is 5.69 Å². The topological polar surface area (TPSA) is 104 Å². The number of allylic oxidation sites excluding steroid dienone is 1. The van der Waals surface area contributed by atoms with Gasteiger partial charge in [0.25, 0.3) is 5.69 Å². The summed E-state index contributed by atoms with van der Waals surface area (Å²) in [6.45, 7) is 5.65. The van der Waals surface area contributed by atoms with E-state index in [1.54, 1.807) is 6.07 Å². The van der Waals surface area contributed by atoms with Gasteiger partial charge in [-0.2, -0.15) is 0 Å². The molecule has 0 saturated heterocycles. The molecule has 0 aliphatic rings. The fraction of sp³-hybridized carbons (Fsp3) is 0.304. The molecule has 0 amide bonds. The van der Waals surface area contributed by atoms with Crippen molar-refractivity contribution in [3.8, 4) is 5.75 Å². The highest BCUT2D eigenvalue weighted by Crippen LogP contribution is 2.30. The second-order valence-corrected chi connectivity index (χ2v) is 7.08. The molecule has 0 aliphatic carbocycles. The van der Waals surface area contributed by atoms with Crippen LogP contribution in [0.2, 0.25) is 0 Å². The second kappa shape index (κ2) is 10.7. The molecule has 0 unspecified atom stereocenters. The first-order valence-electron chi connectivity index (χ1n) is 9.67. The van der Waals surface area contributed by atoms with E-state index in [1.807, 2.05) is 13.0 Å². The van der Waals surface area contributed by atoms with Crippen LogP contribution in [0.4, 0.5) is 10.1 Å². The van der Waals surface area contributed by atoms with Crippen molar-refractivity contribution in [1.29, 1.82) is 0 Å². The molecule has 2 aromatic carbocycles. The van der Waals surface area contributed by atoms with Crippen LogP contribution in [0, 0.1) is 21.8 Å². The fourth-order valence-corrected chi connectivity index (χ4v) is 3.24. The number of aliphatic hydroxyl groups excluding tert-OH is 2. The second-order valence-electron chi connectivity index (χ2n) is 7.08. The van der Waals surface area contributed by atoms with Crippen molar-refractivity contribution in [2.24, 2.45) is 5.92 Å². The van der Waals surface area contributed by atoms with Gasteiger partial charge in [-0.3, -0.25) is 10.1 Å². The summed E-state index contributed by atoms with van der Waals surface area (Å²) in [6.07, 6.45) is 2.90. The van der Waals surface area contributed by atoms with Gasteiger partial charge in [0, 0.05) is 18.1 Å². The Balaban J connectivity index is 2.06. The summed E-state index contributed by atoms with van der Waals surface area (Å²) in [4.78, 5) is 10.3. The lowest BCUT2D eigenvalue weighted by Gasteiger charge is -2.25. The predicted molar refractivity (Wildman–Crippen MR) is 113 cm³/mol. The third-order valence-electron chi connectivity index (χ3n) is 5.08. The minimum absolute atomic E-state index is 0.0787. The Morgan fingerprint density at radius 2 is 1.90 bits per heavy atom. The van der Waals surface area contributed by atoms with E-state index in [0.29, 0.717) is 30.4 Å². The molecule has 3 N–H and O–H groups in total. The Morgan fingerprint density at radius 1 is 1.23 bits per heavy atom. The molecule has 0 aliphatic heterocycles. The third kappa shape index (κ3) is 5.98. The first-order valence-corrected chi connectivity index (χ1v) is 9.67. The molecule has 2 rings (SSSR count). The van der Waals surface area contributed by atoms with Gasteiger partial charge in [0.05, 0.1) is 17.1 Å². The van der Waals surface area contributed by atoms with Gasteiger partial charge in [-0.1, -0.05) is 30.7 Å². The molecule has 0 aromatic heterocycles. The molecule has 0 heterocycles. The smallest absolute Gasteiger partial charge is 0.269 e. The number of nitro benzene ring substituents is 1. The van der Waals surface area contributed by atoms with E-state index in [4.69, 9.17) is 0 Å². The van der Waals surface area contributed by atoms with Crippen LogP contribution >= 0.6 is 0 Å². The van der Waals surface area contributed by atoms with E-state index >= 15 is 0 Å². The molecule has 7 heteroatoms. The number of halogens is 1. The summed E-state index contributed by atoms with van der Waals surface area (Å²) in [5.41, 5.74) is 1.97. The Kier molecular flexibility index (Phi) is 8.26. The Morgan fingerprint density at radius 3 is 2.43 bits per heavy atom. The van der Waals surface area contributed by atoms with Crippen LogP contribution in [0.25, 0.3) is 6.08 Å². The molecule has 6 nitrogen and oxygen atoms in total. The van der Waals surface area contributed by atoms with Gasteiger partial charge in [0.15, 0.2) is 11.6 Å². The van der Waals surface area contributed by atoms with E-state index in [2.05, 4.69) is 6.58 Å². The lowest BCUT2D eigenvalue weighted by atomic mass is 9.87.